The number of ketones is 1. The fourth-order valence-corrected chi connectivity index (χ4v) is 4.17. The van der Waals surface area contributed by atoms with Gasteiger partial charge < -0.3 is 5.32 Å². The van der Waals surface area contributed by atoms with Gasteiger partial charge >= 0.3 is 6.03 Å². The number of amides is 2. The monoisotopic (exact) mass is 380 g/mol. The van der Waals surface area contributed by atoms with Crippen molar-refractivity contribution in [2.24, 2.45) is 5.92 Å². The molecule has 2 rings (SSSR count). The fourth-order valence-electron chi connectivity index (χ4n) is 3.25. The summed E-state index contributed by atoms with van der Waals surface area (Å²) in [6.45, 7) is 3.96. The van der Waals surface area contributed by atoms with Crippen LogP contribution in [0.25, 0.3) is 0 Å². The van der Waals surface area contributed by atoms with Crippen LogP contribution in [0.4, 0.5) is 4.79 Å². The summed E-state index contributed by atoms with van der Waals surface area (Å²) in [7, 11) is -3.92. The summed E-state index contributed by atoms with van der Waals surface area (Å²) >= 11 is 0. The Hall–Kier alpha value is -1.89. The van der Waals surface area contributed by atoms with Gasteiger partial charge in [0.2, 0.25) is 0 Å². The van der Waals surface area contributed by atoms with E-state index in [1.165, 1.54) is 12.1 Å². The number of hydrogen-bond acceptors (Lipinski definition) is 4. The molecule has 7 heteroatoms. The molecule has 0 unspecified atom stereocenters. The molecule has 0 radical (unpaired) electrons. The van der Waals surface area contributed by atoms with Gasteiger partial charge in [-0.2, -0.15) is 0 Å². The number of nitrogens with one attached hydrogen (secondary N) is 2. The third kappa shape index (κ3) is 5.83. The molecule has 144 valence electrons. The van der Waals surface area contributed by atoms with Crippen LogP contribution in [0.1, 0.15) is 57.9 Å². The number of carbonyl (C=O) groups excluding carboxylic acids is 2. The molecule has 1 saturated carbocycles. The minimum atomic E-state index is -3.92. The first kappa shape index (κ1) is 20.4. The molecule has 1 fully saturated rings. The molecular weight excluding hydrogens is 352 g/mol. The maximum absolute atomic E-state index is 12.3. The molecule has 0 spiro atoms. The largest absolute Gasteiger partial charge is 0.335 e. The molecule has 26 heavy (non-hydrogen) atoms. The smallest absolute Gasteiger partial charge is 0.328 e. The number of benzene rings is 1. The van der Waals surface area contributed by atoms with E-state index in [1.54, 1.807) is 19.1 Å². The number of rotatable bonds is 7. The lowest BCUT2D eigenvalue weighted by atomic mass is 9.85. The van der Waals surface area contributed by atoms with Crippen molar-refractivity contribution in [2.75, 3.05) is 0 Å². The summed E-state index contributed by atoms with van der Waals surface area (Å²) in [6.07, 6.45) is 5.76. The van der Waals surface area contributed by atoms with Gasteiger partial charge in [-0.3, -0.25) is 4.79 Å². The van der Waals surface area contributed by atoms with E-state index in [0.29, 0.717) is 12.3 Å². The van der Waals surface area contributed by atoms with Crippen molar-refractivity contribution in [3.8, 4) is 0 Å². The van der Waals surface area contributed by atoms with E-state index < -0.39 is 16.1 Å². The predicted octanol–water partition coefficient (Wildman–Crippen LogP) is 3.16. The molecular formula is C19H28N2O4S. The first-order valence-corrected chi connectivity index (χ1v) is 10.8. The standard InChI is InChI=1S/C19H28N2O4S/c1-3-14-5-9-16(10-6-14)20-19(23)21-26(24,25)18-11-7-15(8-12-18)13-17(22)4-2/h7-8,11-12,14,16H,3-6,9-10,13H2,1-2H3,(H2,20,21,23). The lowest BCUT2D eigenvalue weighted by Gasteiger charge is -2.28. The van der Waals surface area contributed by atoms with Gasteiger partial charge in [-0.15, -0.1) is 0 Å². The maximum Gasteiger partial charge on any atom is 0.328 e. The predicted molar refractivity (Wildman–Crippen MR) is 100 cm³/mol. The number of sulfonamides is 1. The van der Waals surface area contributed by atoms with Gasteiger partial charge in [-0.1, -0.05) is 32.4 Å². The summed E-state index contributed by atoms with van der Waals surface area (Å²) in [5.74, 6) is 0.800. The Bertz CT molecular complexity index is 720. The van der Waals surface area contributed by atoms with Gasteiger partial charge in [0, 0.05) is 18.9 Å². The molecule has 1 aliphatic carbocycles. The zero-order valence-corrected chi connectivity index (χ0v) is 16.3. The van der Waals surface area contributed by atoms with E-state index in [-0.39, 0.29) is 23.1 Å². The van der Waals surface area contributed by atoms with Crippen molar-refractivity contribution in [1.29, 1.82) is 0 Å². The number of urea groups is 1. The highest BCUT2D eigenvalue weighted by Crippen LogP contribution is 2.26. The normalized spacial score (nSPS) is 20.4. The molecule has 0 heterocycles. The summed E-state index contributed by atoms with van der Waals surface area (Å²) < 4.78 is 26.7. The van der Waals surface area contributed by atoms with Crippen LogP contribution < -0.4 is 10.0 Å². The van der Waals surface area contributed by atoms with Crippen molar-refractivity contribution >= 4 is 21.8 Å². The molecule has 1 aliphatic rings. The average Bonchev–Trinajstić information content (AvgIpc) is 2.62. The molecule has 6 nitrogen and oxygen atoms in total. The molecule has 1 aromatic rings. The van der Waals surface area contributed by atoms with E-state index in [0.717, 1.165) is 37.7 Å². The van der Waals surface area contributed by atoms with E-state index >= 15 is 0 Å². The highest BCUT2D eigenvalue weighted by Gasteiger charge is 2.23. The number of carbonyl (C=O) groups is 2. The van der Waals surface area contributed by atoms with Crippen molar-refractivity contribution in [2.45, 2.75) is 69.7 Å². The van der Waals surface area contributed by atoms with Crippen LogP contribution in [0.5, 0.6) is 0 Å². The second-order valence-electron chi connectivity index (χ2n) is 6.92. The topological polar surface area (TPSA) is 92.3 Å². The third-order valence-corrected chi connectivity index (χ3v) is 6.36. The first-order chi connectivity index (χ1) is 12.3. The SMILES string of the molecule is CCC(=O)Cc1ccc(S(=O)(=O)NC(=O)NC2CCC(CC)CC2)cc1. The highest BCUT2D eigenvalue weighted by molar-refractivity contribution is 7.90. The molecule has 0 atom stereocenters. The molecule has 0 bridgehead atoms. The first-order valence-electron chi connectivity index (χ1n) is 9.28. The Morgan fingerprint density at radius 3 is 2.19 bits per heavy atom. The zero-order valence-electron chi connectivity index (χ0n) is 15.5. The summed E-state index contributed by atoms with van der Waals surface area (Å²) in [4.78, 5) is 23.5. The van der Waals surface area contributed by atoms with Gasteiger partial charge in [-0.05, 0) is 49.3 Å². The Kier molecular flexibility index (Phi) is 7.20. The second-order valence-corrected chi connectivity index (χ2v) is 8.60. The van der Waals surface area contributed by atoms with Crippen LogP contribution in [0, 0.1) is 5.92 Å². The Morgan fingerprint density at radius 1 is 1.04 bits per heavy atom. The summed E-state index contributed by atoms with van der Waals surface area (Å²) in [5, 5.41) is 2.76. The van der Waals surface area contributed by atoms with Gasteiger partial charge in [-0.25, -0.2) is 17.9 Å². The van der Waals surface area contributed by atoms with Crippen molar-refractivity contribution in [3.63, 3.8) is 0 Å². The Labute approximate surface area is 155 Å². The summed E-state index contributed by atoms with van der Waals surface area (Å²) in [5.41, 5.74) is 0.757. The quantitative estimate of drug-likeness (QED) is 0.760. The Morgan fingerprint density at radius 2 is 1.65 bits per heavy atom. The zero-order chi connectivity index (χ0) is 19.2. The lowest BCUT2D eigenvalue weighted by Crippen LogP contribution is -2.45. The highest BCUT2D eigenvalue weighted by atomic mass is 32.2. The molecule has 2 N–H and O–H groups in total. The van der Waals surface area contributed by atoms with Crippen LogP contribution in [0.3, 0.4) is 0 Å². The van der Waals surface area contributed by atoms with E-state index in [9.17, 15) is 18.0 Å². The number of hydrogen-bond donors (Lipinski definition) is 2. The molecule has 0 aromatic heterocycles. The molecule has 2 amide bonds. The van der Waals surface area contributed by atoms with Gasteiger partial charge in [0.05, 0.1) is 4.90 Å². The molecule has 1 aromatic carbocycles. The van der Waals surface area contributed by atoms with E-state index in [2.05, 4.69) is 17.0 Å². The van der Waals surface area contributed by atoms with Crippen LogP contribution in [-0.4, -0.2) is 26.3 Å². The van der Waals surface area contributed by atoms with E-state index in [1.807, 2.05) is 0 Å². The van der Waals surface area contributed by atoms with Crippen LogP contribution in [-0.2, 0) is 21.2 Å². The van der Waals surface area contributed by atoms with Crippen molar-refractivity contribution in [1.82, 2.24) is 10.0 Å². The molecule has 0 saturated heterocycles. The minimum absolute atomic E-state index is 0.00930. The van der Waals surface area contributed by atoms with Crippen molar-refractivity contribution in [3.05, 3.63) is 29.8 Å². The minimum Gasteiger partial charge on any atom is -0.335 e. The van der Waals surface area contributed by atoms with Crippen molar-refractivity contribution < 1.29 is 18.0 Å². The van der Waals surface area contributed by atoms with Crippen LogP contribution in [0.15, 0.2) is 29.2 Å². The number of Topliss-reactive ketones (excluding diaryl/α,β-unsaturated/α-hetero) is 1. The maximum atomic E-state index is 12.3. The van der Waals surface area contributed by atoms with Crippen LogP contribution >= 0.6 is 0 Å². The second kappa shape index (κ2) is 9.16. The molecule has 0 aliphatic heterocycles. The van der Waals surface area contributed by atoms with Gasteiger partial charge in [0.1, 0.15) is 5.78 Å². The average molecular weight is 381 g/mol. The van der Waals surface area contributed by atoms with Gasteiger partial charge in [0.25, 0.3) is 10.0 Å². The lowest BCUT2D eigenvalue weighted by molar-refractivity contribution is -0.118. The van der Waals surface area contributed by atoms with Crippen LogP contribution in [0.2, 0.25) is 0 Å². The fraction of sp³-hybridized carbons (Fsp3) is 0.579. The van der Waals surface area contributed by atoms with E-state index in [4.69, 9.17) is 0 Å². The van der Waals surface area contributed by atoms with Gasteiger partial charge in [0.15, 0.2) is 0 Å². The summed E-state index contributed by atoms with van der Waals surface area (Å²) in [6, 6.07) is 5.38. The third-order valence-electron chi connectivity index (χ3n) is 5.02. The Balaban J connectivity index is 1.91.